The molecule has 106 valence electrons. The Kier molecular flexibility index (Phi) is 3.87. The number of methoxy groups -OCH3 is 1. The molecule has 0 spiro atoms. The van der Waals surface area contributed by atoms with Crippen LogP contribution in [0.3, 0.4) is 0 Å². The topological polar surface area (TPSA) is 69.4 Å². The van der Waals surface area contributed by atoms with Gasteiger partial charge in [-0.15, -0.1) is 0 Å². The van der Waals surface area contributed by atoms with Crippen molar-refractivity contribution < 1.29 is 13.2 Å². The van der Waals surface area contributed by atoms with Crippen molar-refractivity contribution in [2.75, 3.05) is 13.4 Å². The summed E-state index contributed by atoms with van der Waals surface area (Å²) in [6.07, 6.45) is 6.39. The largest absolute Gasteiger partial charge is 0.495 e. The molecule has 0 unspecified atom stereocenters. The molecule has 0 atom stereocenters. The Hall–Kier alpha value is -1.07. The number of ether oxygens (including phenoxy) is 1. The Morgan fingerprint density at radius 2 is 1.84 bits per heavy atom. The maximum atomic E-state index is 11.8. The van der Waals surface area contributed by atoms with Gasteiger partial charge >= 0.3 is 0 Å². The van der Waals surface area contributed by atoms with E-state index in [1.165, 1.54) is 19.8 Å². The summed E-state index contributed by atoms with van der Waals surface area (Å²) in [4.78, 5) is 0.225. The predicted octanol–water partition coefficient (Wildman–Crippen LogP) is 2.22. The van der Waals surface area contributed by atoms with E-state index in [0.717, 1.165) is 31.2 Å². The van der Waals surface area contributed by atoms with Crippen LogP contribution in [0.25, 0.3) is 0 Å². The zero-order chi connectivity index (χ0) is 14.1. The van der Waals surface area contributed by atoms with Gasteiger partial charge in [0.15, 0.2) is 9.84 Å². The Bertz CT molecular complexity index is 560. The van der Waals surface area contributed by atoms with Crippen LogP contribution in [-0.4, -0.2) is 21.8 Å². The van der Waals surface area contributed by atoms with Crippen molar-refractivity contribution >= 4 is 9.84 Å². The highest BCUT2D eigenvalue weighted by Gasteiger charge is 2.30. The Balaban J connectivity index is 2.49. The molecule has 0 heterocycles. The van der Waals surface area contributed by atoms with E-state index in [4.69, 9.17) is 10.5 Å². The van der Waals surface area contributed by atoms with Crippen LogP contribution in [0.5, 0.6) is 5.75 Å². The van der Waals surface area contributed by atoms with Crippen molar-refractivity contribution in [1.29, 1.82) is 0 Å². The molecule has 1 aromatic rings. The fraction of sp³-hybridized carbons (Fsp3) is 0.571. The van der Waals surface area contributed by atoms with Crippen LogP contribution in [0.4, 0.5) is 0 Å². The van der Waals surface area contributed by atoms with Crippen molar-refractivity contribution in [1.82, 2.24) is 0 Å². The SMILES string of the molecule is COc1ccc(C2(N)CCCCC2)cc1S(C)(=O)=O. The fourth-order valence-corrected chi connectivity index (χ4v) is 3.61. The van der Waals surface area contributed by atoms with Crippen molar-refractivity contribution in [3.8, 4) is 5.75 Å². The second-order valence-electron chi connectivity index (χ2n) is 5.35. The molecule has 1 aliphatic rings. The van der Waals surface area contributed by atoms with Gasteiger partial charge in [0, 0.05) is 11.8 Å². The summed E-state index contributed by atoms with van der Waals surface area (Å²) in [6.45, 7) is 0. The van der Waals surface area contributed by atoms with Gasteiger partial charge in [-0.25, -0.2) is 8.42 Å². The second kappa shape index (κ2) is 5.13. The van der Waals surface area contributed by atoms with Crippen molar-refractivity contribution in [3.05, 3.63) is 23.8 Å². The summed E-state index contributed by atoms with van der Waals surface area (Å²) in [5.74, 6) is 0.380. The minimum Gasteiger partial charge on any atom is -0.495 e. The van der Waals surface area contributed by atoms with E-state index in [2.05, 4.69) is 0 Å². The molecule has 0 aromatic heterocycles. The summed E-state index contributed by atoms with van der Waals surface area (Å²) < 4.78 is 28.8. The van der Waals surface area contributed by atoms with Gasteiger partial charge < -0.3 is 10.5 Å². The monoisotopic (exact) mass is 283 g/mol. The lowest BCUT2D eigenvalue weighted by atomic mass is 9.77. The van der Waals surface area contributed by atoms with Crippen molar-refractivity contribution in [3.63, 3.8) is 0 Å². The molecule has 1 fully saturated rings. The number of sulfone groups is 1. The second-order valence-corrected chi connectivity index (χ2v) is 7.34. The molecule has 19 heavy (non-hydrogen) atoms. The van der Waals surface area contributed by atoms with Gasteiger partial charge in [0.2, 0.25) is 0 Å². The van der Waals surface area contributed by atoms with Gasteiger partial charge in [0.05, 0.1) is 7.11 Å². The molecule has 5 heteroatoms. The smallest absolute Gasteiger partial charge is 0.179 e. The third kappa shape index (κ3) is 2.92. The van der Waals surface area contributed by atoms with Crippen LogP contribution in [-0.2, 0) is 15.4 Å². The first-order valence-electron chi connectivity index (χ1n) is 6.54. The first-order valence-corrected chi connectivity index (χ1v) is 8.43. The summed E-state index contributed by atoms with van der Waals surface area (Å²) >= 11 is 0. The minimum atomic E-state index is -3.31. The predicted molar refractivity (Wildman–Crippen MR) is 75.1 cm³/mol. The molecule has 1 saturated carbocycles. The highest BCUT2D eigenvalue weighted by Crippen LogP contribution is 2.37. The normalized spacial score (nSPS) is 19.1. The standard InChI is InChI=1S/C14H21NO3S/c1-18-12-7-6-11(10-13(12)19(2,16)17)14(15)8-4-3-5-9-14/h6-7,10H,3-5,8-9,15H2,1-2H3. The van der Waals surface area contributed by atoms with Crippen LogP contribution in [0.15, 0.2) is 23.1 Å². The van der Waals surface area contributed by atoms with Crippen molar-refractivity contribution in [2.24, 2.45) is 5.73 Å². The molecule has 1 aromatic carbocycles. The molecule has 0 radical (unpaired) electrons. The highest BCUT2D eigenvalue weighted by molar-refractivity contribution is 7.90. The van der Waals surface area contributed by atoms with Crippen LogP contribution in [0, 0.1) is 0 Å². The zero-order valence-electron chi connectivity index (χ0n) is 11.5. The van der Waals surface area contributed by atoms with E-state index < -0.39 is 15.4 Å². The maximum Gasteiger partial charge on any atom is 0.179 e. The number of hydrogen-bond donors (Lipinski definition) is 1. The average molecular weight is 283 g/mol. The molecular weight excluding hydrogens is 262 g/mol. The zero-order valence-corrected chi connectivity index (χ0v) is 12.3. The number of hydrogen-bond acceptors (Lipinski definition) is 4. The van der Waals surface area contributed by atoms with Gasteiger partial charge in [-0.2, -0.15) is 0 Å². The molecule has 0 saturated heterocycles. The van der Waals surface area contributed by atoms with Crippen LogP contribution in [0.2, 0.25) is 0 Å². The molecule has 2 rings (SSSR count). The summed E-state index contributed by atoms with van der Waals surface area (Å²) in [5.41, 5.74) is 6.95. The quantitative estimate of drug-likeness (QED) is 0.923. The number of nitrogens with two attached hydrogens (primary N) is 1. The van der Waals surface area contributed by atoms with E-state index in [9.17, 15) is 8.42 Å². The van der Waals surface area contributed by atoms with E-state index in [-0.39, 0.29) is 4.90 Å². The van der Waals surface area contributed by atoms with Gasteiger partial charge in [-0.05, 0) is 30.5 Å². The van der Waals surface area contributed by atoms with Gasteiger partial charge in [-0.3, -0.25) is 0 Å². The third-order valence-electron chi connectivity index (χ3n) is 3.88. The summed E-state index contributed by atoms with van der Waals surface area (Å²) in [5, 5.41) is 0. The molecule has 0 aliphatic heterocycles. The molecule has 4 nitrogen and oxygen atoms in total. The van der Waals surface area contributed by atoms with E-state index in [1.807, 2.05) is 6.07 Å². The maximum absolute atomic E-state index is 11.8. The first kappa shape index (κ1) is 14.3. The van der Waals surface area contributed by atoms with Crippen LogP contribution >= 0.6 is 0 Å². The van der Waals surface area contributed by atoms with E-state index in [1.54, 1.807) is 12.1 Å². The fourth-order valence-electron chi connectivity index (χ4n) is 2.75. The van der Waals surface area contributed by atoms with E-state index in [0.29, 0.717) is 5.75 Å². The van der Waals surface area contributed by atoms with Gasteiger partial charge in [0.1, 0.15) is 10.6 Å². The minimum absolute atomic E-state index is 0.225. The third-order valence-corrected chi connectivity index (χ3v) is 5.00. The number of rotatable bonds is 3. The Morgan fingerprint density at radius 3 is 2.37 bits per heavy atom. The van der Waals surface area contributed by atoms with Gasteiger partial charge in [0.25, 0.3) is 0 Å². The Morgan fingerprint density at radius 1 is 1.21 bits per heavy atom. The highest BCUT2D eigenvalue weighted by atomic mass is 32.2. The van der Waals surface area contributed by atoms with Gasteiger partial charge in [-0.1, -0.05) is 25.3 Å². The Labute approximate surface area is 114 Å². The molecule has 0 bridgehead atoms. The molecule has 2 N–H and O–H groups in total. The molecule has 1 aliphatic carbocycles. The van der Waals surface area contributed by atoms with Crippen molar-refractivity contribution in [2.45, 2.75) is 42.5 Å². The lowest BCUT2D eigenvalue weighted by molar-refractivity contribution is 0.301. The lowest BCUT2D eigenvalue weighted by Gasteiger charge is -2.34. The van der Waals surface area contributed by atoms with Crippen LogP contribution in [0.1, 0.15) is 37.7 Å². The van der Waals surface area contributed by atoms with E-state index >= 15 is 0 Å². The first-order chi connectivity index (χ1) is 8.87. The molecule has 0 amide bonds. The average Bonchev–Trinajstić information content (AvgIpc) is 2.38. The molecular formula is C14H21NO3S. The lowest BCUT2D eigenvalue weighted by Crippen LogP contribution is -2.38. The summed E-state index contributed by atoms with van der Waals surface area (Å²) in [6, 6.07) is 5.27. The number of benzene rings is 1. The van der Waals surface area contributed by atoms with Crippen LogP contribution < -0.4 is 10.5 Å². The summed E-state index contributed by atoms with van der Waals surface area (Å²) in [7, 11) is -1.84.